The van der Waals surface area contributed by atoms with Crippen molar-refractivity contribution in [3.05, 3.63) is 106 Å². The van der Waals surface area contributed by atoms with Crippen molar-refractivity contribution < 1.29 is 39.8 Å². The molecule has 336 valence electrons. The van der Waals surface area contributed by atoms with Crippen molar-refractivity contribution in [3.63, 3.8) is 0 Å². The molecule has 5 aliphatic rings. The molecule has 1 aromatic rings. The van der Waals surface area contributed by atoms with Gasteiger partial charge in [0.25, 0.3) is 0 Å². The molecule has 1 heterocycles. The Hall–Kier alpha value is -3.03. The maximum absolute atomic E-state index is 13.0. The Morgan fingerprint density at radius 2 is 1.89 bits per heavy atom. The number of carbonyl (C=O) groups is 1. The first kappa shape index (κ1) is 47.4. The predicted octanol–water partition coefficient (Wildman–Crippen LogP) is 5.70. The summed E-state index contributed by atoms with van der Waals surface area (Å²) in [5.41, 5.74) is 4.39. The van der Waals surface area contributed by atoms with Gasteiger partial charge in [-0.15, -0.1) is 0 Å². The minimum atomic E-state index is -1.24. The number of allylic oxidation sites excluding steroid dienone is 9. The van der Waals surface area contributed by atoms with Crippen LogP contribution >= 0.6 is 0 Å². The highest BCUT2D eigenvalue weighted by Gasteiger charge is 2.68. The third kappa shape index (κ3) is 10.2. The molecule has 0 amide bonds. The molecule has 0 aromatic heterocycles. The fourth-order valence-electron chi connectivity index (χ4n) is 12.2. The van der Waals surface area contributed by atoms with Crippen LogP contribution in [-0.2, 0) is 27.1 Å². The second kappa shape index (κ2) is 21.1. The number of nitrogens with one attached hydrogen (secondary N) is 2. The van der Waals surface area contributed by atoms with Crippen molar-refractivity contribution in [1.29, 1.82) is 0 Å². The molecule has 0 saturated heterocycles. The smallest absolute Gasteiger partial charge is 0.145 e. The van der Waals surface area contributed by atoms with Crippen LogP contribution in [0.5, 0.6) is 0 Å². The molecule has 11 atom stereocenters. The summed E-state index contributed by atoms with van der Waals surface area (Å²) in [4.78, 5) is 12.4. The van der Waals surface area contributed by atoms with E-state index in [9.17, 15) is 30.3 Å². The zero-order valence-electron chi connectivity index (χ0n) is 37.2. The van der Waals surface area contributed by atoms with Crippen molar-refractivity contribution in [1.82, 2.24) is 10.6 Å². The van der Waals surface area contributed by atoms with Crippen LogP contribution in [0.4, 0.5) is 0 Å². The maximum Gasteiger partial charge on any atom is 0.145 e. The lowest BCUT2D eigenvalue weighted by molar-refractivity contribution is -0.194. The quantitative estimate of drug-likeness (QED) is 0.0341. The van der Waals surface area contributed by atoms with Gasteiger partial charge in [-0.25, -0.2) is 0 Å². The monoisotopic (exact) mass is 843 g/mol. The van der Waals surface area contributed by atoms with Crippen molar-refractivity contribution >= 4 is 6.29 Å². The maximum atomic E-state index is 13.0. The number of aldehydes is 1. The fourth-order valence-corrected chi connectivity index (χ4v) is 12.2. The number of hydrogen-bond acceptors (Lipinski definition) is 10. The van der Waals surface area contributed by atoms with Crippen LogP contribution in [0.25, 0.3) is 0 Å². The van der Waals surface area contributed by atoms with E-state index in [0.717, 1.165) is 67.1 Å². The summed E-state index contributed by atoms with van der Waals surface area (Å²) >= 11 is 0. The van der Waals surface area contributed by atoms with Gasteiger partial charge in [-0.05, 0) is 150 Å². The van der Waals surface area contributed by atoms with Gasteiger partial charge in [0.1, 0.15) is 12.5 Å². The SMILES string of the molecule is C=C(C=CC=C(COCCO)C1CCC2(C1O)C1C(=C(C)C=O)C(C=CC1CCO)CC2(O)CCNC)C1Cc2cccc(c2)CC(C)(CCOC)NC(O)C2=CC1CCC2. The van der Waals surface area contributed by atoms with E-state index < -0.39 is 23.3 Å². The Labute approximate surface area is 364 Å². The molecule has 11 unspecified atom stereocenters. The van der Waals surface area contributed by atoms with Gasteiger partial charge in [0.2, 0.25) is 0 Å². The molecule has 2 saturated carbocycles. The number of benzene rings is 1. The number of rotatable bonds is 17. The Morgan fingerprint density at radius 3 is 2.62 bits per heavy atom. The van der Waals surface area contributed by atoms with Crippen LogP contribution in [0.2, 0.25) is 0 Å². The van der Waals surface area contributed by atoms with E-state index in [1.54, 1.807) is 7.11 Å². The molecular weight excluding hydrogens is 769 g/mol. The van der Waals surface area contributed by atoms with Crippen LogP contribution in [0.15, 0.2) is 95.2 Å². The topological polar surface area (TPSA) is 161 Å². The fraction of sp³-hybridized carbons (Fsp3) is 0.627. The standard InChI is InChI=1S/C51H74N2O8/c1-34(44-28-36-10-7-11-37(27-36)30-49(3,21-25-60-5)53-48(58)40-13-8-12-39(44)29-40)9-6-14-42(33-61-26-24-55)43-17-19-51(47(43)57)46-38(18-23-54)15-16-41(45(46)35(2)32-56)31-50(51,59)20-22-52-4/h6-7,9-11,14-16,27,29,32,38-39,41,43-44,46-48,52-55,57-59H,1,8,12-13,17-26,28,30-31,33H2,2-5H3. The molecule has 1 aliphatic heterocycles. The van der Waals surface area contributed by atoms with Crippen molar-refractivity contribution in [3.8, 4) is 0 Å². The largest absolute Gasteiger partial charge is 0.396 e. The minimum Gasteiger partial charge on any atom is -0.396 e. The summed E-state index contributed by atoms with van der Waals surface area (Å²) in [6.45, 7) is 10.0. The molecule has 4 aliphatic carbocycles. The molecule has 61 heavy (non-hydrogen) atoms. The van der Waals surface area contributed by atoms with Crippen LogP contribution in [0, 0.1) is 40.9 Å². The van der Waals surface area contributed by atoms with E-state index in [1.165, 1.54) is 11.1 Å². The Kier molecular flexibility index (Phi) is 16.4. The van der Waals surface area contributed by atoms with Crippen LogP contribution in [0.1, 0.15) is 82.8 Å². The van der Waals surface area contributed by atoms with Gasteiger partial charge < -0.3 is 40.3 Å². The second-order valence-electron chi connectivity index (χ2n) is 19.0. The Morgan fingerprint density at radius 1 is 1.08 bits per heavy atom. The van der Waals surface area contributed by atoms with Gasteiger partial charge in [-0.2, -0.15) is 0 Å². The van der Waals surface area contributed by atoms with Gasteiger partial charge >= 0.3 is 0 Å². The van der Waals surface area contributed by atoms with Crippen molar-refractivity contribution in [2.24, 2.45) is 40.9 Å². The van der Waals surface area contributed by atoms with E-state index in [2.05, 4.69) is 72.7 Å². The van der Waals surface area contributed by atoms with E-state index >= 15 is 0 Å². The number of methoxy groups -OCH3 is 1. The summed E-state index contributed by atoms with van der Waals surface area (Å²) in [6.07, 6.45) is 19.4. The normalized spacial score (nSPS) is 36.1. The summed E-state index contributed by atoms with van der Waals surface area (Å²) in [5.74, 6) is -0.703. The average molecular weight is 843 g/mol. The van der Waals surface area contributed by atoms with Gasteiger partial charge in [-0.1, -0.05) is 78.4 Å². The molecule has 1 aromatic carbocycles. The predicted molar refractivity (Wildman–Crippen MR) is 240 cm³/mol. The van der Waals surface area contributed by atoms with Crippen LogP contribution in [0.3, 0.4) is 0 Å². The second-order valence-corrected chi connectivity index (χ2v) is 19.0. The molecule has 7 N–H and O–H groups in total. The zero-order valence-corrected chi connectivity index (χ0v) is 37.2. The lowest BCUT2D eigenvalue weighted by Crippen LogP contribution is -2.65. The number of aliphatic hydroxyl groups excluding tert-OH is 4. The van der Waals surface area contributed by atoms with Gasteiger partial charge in [0.05, 0.1) is 31.5 Å². The summed E-state index contributed by atoms with van der Waals surface area (Å²) < 4.78 is 11.5. The summed E-state index contributed by atoms with van der Waals surface area (Å²) in [5, 5.41) is 64.2. The lowest BCUT2D eigenvalue weighted by atomic mass is 9.45. The molecule has 10 heteroatoms. The Bertz CT molecular complexity index is 1830. The highest BCUT2D eigenvalue weighted by atomic mass is 16.5. The average Bonchev–Trinajstić information content (AvgIpc) is 3.60. The van der Waals surface area contributed by atoms with E-state index in [1.807, 2.05) is 26.1 Å². The third-order valence-corrected chi connectivity index (χ3v) is 15.2. The molecular formula is C51H74N2O8. The Balaban J connectivity index is 1.34. The minimum absolute atomic E-state index is 0.0425. The number of carbonyl (C=O) groups excluding carboxylic acids is 1. The first-order valence-electron chi connectivity index (χ1n) is 22.8. The molecule has 2 fully saturated rings. The molecule has 1 spiro atoms. The van der Waals surface area contributed by atoms with E-state index in [-0.39, 0.29) is 67.5 Å². The number of hydrogen-bond donors (Lipinski definition) is 7. The van der Waals surface area contributed by atoms with Crippen LogP contribution < -0.4 is 10.6 Å². The lowest BCUT2D eigenvalue weighted by Gasteiger charge is -2.61. The molecule has 6 bridgehead atoms. The van der Waals surface area contributed by atoms with E-state index in [0.29, 0.717) is 50.8 Å². The van der Waals surface area contributed by atoms with Crippen molar-refractivity contribution in [2.75, 3.05) is 53.7 Å². The van der Waals surface area contributed by atoms with Gasteiger partial charge in [0.15, 0.2) is 0 Å². The molecule has 6 rings (SSSR count). The first-order valence-corrected chi connectivity index (χ1v) is 22.8. The van der Waals surface area contributed by atoms with Crippen LogP contribution in [-0.4, -0.2) is 109 Å². The van der Waals surface area contributed by atoms with Crippen molar-refractivity contribution in [2.45, 2.75) is 108 Å². The number of aliphatic hydroxyl groups is 5. The van der Waals surface area contributed by atoms with Gasteiger partial charge in [-0.3, -0.25) is 10.1 Å². The zero-order chi connectivity index (χ0) is 43.8. The number of ether oxygens (including phenoxy) is 2. The third-order valence-electron chi connectivity index (χ3n) is 15.2. The molecule has 0 radical (unpaired) electrons. The highest BCUT2D eigenvalue weighted by molar-refractivity contribution is 5.74. The van der Waals surface area contributed by atoms with E-state index in [4.69, 9.17) is 9.47 Å². The van der Waals surface area contributed by atoms with Gasteiger partial charge in [0, 0.05) is 43.1 Å². The first-order chi connectivity index (χ1) is 29.4. The summed E-state index contributed by atoms with van der Waals surface area (Å²) in [7, 11) is 3.58. The highest BCUT2D eigenvalue weighted by Crippen LogP contribution is 2.67. The number of fused-ring (bicyclic) bond motifs is 6. The summed E-state index contributed by atoms with van der Waals surface area (Å²) in [6, 6.07) is 8.78. The molecule has 10 nitrogen and oxygen atoms in total.